The van der Waals surface area contributed by atoms with Gasteiger partial charge in [0, 0.05) is 10.8 Å². The van der Waals surface area contributed by atoms with Crippen LogP contribution < -0.4 is 0 Å². The minimum absolute atomic E-state index is 0.0180. The van der Waals surface area contributed by atoms with Crippen LogP contribution >= 0.6 is 0 Å². The van der Waals surface area contributed by atoms with Crippen molar-refractivity contribution in [3.05, 3.63) is 23.8 Å². The topological polar surface area (TPSA) is 94.8 Å². The first-order chi connectivity index (χ1) is 12.6. The summed E-state index contributed by atoms with van der Waals surface area (Å²) in [5, 5.41) is 31.8. The number of aliphatic hydroxyl groups excluding tert-OH is 2. The lowest BCUT2D eigenvalue weighted by molar-refractivity contribution is -0.167. The van der Waals surface area contributed by atoms with Gasteiger partial charge < -0.3 is 15.3 Å². The number of aliphatic hydroxyl groups is 2. The second kappa shape index (κ2) is 6.02. The molecule has 0 aromatic carbocycles. The van der Waals surface area contributed by atoms with E-state index in [9.17, 15) is 24.9 Å². The molecule has 3 saturated carbocycles. The zero-order valence-corrected chi connectivity index (χ0v) is 16.3. The lowest BCUT2D eigenvalue weighted by atomic mass is 9.46. The van der Waals surface area contributed by atoms with Crippen LogP contribution in [0.2, 0.25) is 0 Å². The molecule has 0 aromatic heterocycles. The lowest BCUT2D eigenvalue weighted by Crippen LogP contribution is -2.60. The fourth-order valence-electron chi connectivity index (χ4n) is 7.17. The highest BCUT2D eigenvalue weighted by molar-refractivity contribution is 6.01. The fourth-order valence-corrected chi connectivity index (χ4v) is 7.17. The molecule has 0 radical (unpaired) electrons. The van der Waals surface area contributed by atoms with Crippen molar-refractivity contribution < 1.29 is 24.9 Å². The quantitative estimate of drug-likeness (QED) is 0.690. The molecular formula is C22H30O5. The molecule has 0 aromatic rings. The molecule has 0 heterocycles. The van der Waals surface area contributed by atoms with E-state index in [-0.39, 0.29) is 34.9 Å². The Morgan fingerprint density at radius 3 is 2.59 bits per heavy atom. The van der Waals surface area contributed by atoms with E-state index < -0.39 is 29.5 Å². The smallest absolute Gasteiger partial charge is 0.306 e. The average molecular weight is 374 g/mol. The van der Waals surface area contributed by atoms with Crippen LogP contribution in [-0.4, -0.2) is 39.3 Å². The van der Waals surface area contributed by atoms with Crippen molar-refractivity contribution in [3.8, 4) is 0 Å². The monoisotopic (exact) mass is 374 g/mol. The minimum Gasteiger partial charge on any atom is -0.481 e. The third kappa shape index (κ3) is 2.44. The molecular weight excluding hydrogens is 344 g/mol. The number of hydrogen-bond donors (Lipinski definition) is 3. The number of carboxylic acid groups (broad SMARTS) is 1. The van der Waals surface area contributed by atoms with Gasteiger partial charge >= 0.3 is 5.97 Å². The Hall–Kier alpha value is -1.46. The molecule has 0 unspecified atom stereocenters. The van der Waals surface area contributed by atoms with Crippen molar-refractivity contribution in [2.24, 2.45) is 40.4 Å². The summed E-state index contributed by atoms with van der Waals surface area (Å²) in [7, 11) is 0. The largest absolute Gasteiger partial charge is 0.481 e. The highest BCUT2D eigenvalue weighted by Crippen LogP contribution is 2.66. The lowest BCUT2D eigenvalue weighted by Gasteiger charge is -2.60. The van der Waals surface area contributed by atoms with Gasteiger partial charge in [0.25, 0.3) is 0 Å². The maximum Gasteiger partial charge on any atom is 0.306 e. The summed E-state index contributed by atoms with van der Waals surface area (Å²) < 4.78 is 0. The number of carbonyl (C=O) groups is 2. The van der Waals surface area contributed by atoms with Gasteiger partial charge in [-0.2, -0.15) is 0 Å². The molecule has 5 nitrogen and oxygen atoms in total. The molecule has 148 valence electrons. The number of carboxylic acids is 1. The number of hydrogen-bond acceptors (Lipinski definition) is 4. The van der Waals surface area contributed by atoms with Gasteiger partial charge in [0.2, 0.25) is 0 Å². The van der Waals surface area contributed by atoms with Crippen molar-refractivity contribution >= 4 is 11.8 Å². The average Bonchev–Trinajstić information content (AvgIpc) is 2.95. The summed E-state index contributed by atoms with van der Waals surface area (Å²) in [6.07, 6.45) is 6.71. The van der Waals surface area contributed by atoms with Gasteiger partial charge in [-0.15, -0.1) is 0 Å². The third-order valence-electron chi connectivity index (χ3n) is 8.75. The zero-order chi connectivity index (χ0) is 19.7. The molecule has 0 spiro atoms. The third-order valence-corrected chi connectivity index (χ3v) is 8.75. The highest BCUT2D eigenvalue weighted by atomic mass is 16.4. The molecule has 4 rings (SSSR count). The van der Waals surface area contributed by atoms with E-state index in [4.69, 9.17) is 0 Å². The predicted molar refractivity (Wildman–Crippen MR) is 99.7 cm³/mol. The van der Waals surface area contributed by atoms with Crippen molar-refractivity contribution in [2.75, 3.05) is 0 Å². The summed E-state index contributed by atoms with van der Waals surface area (Å²) in [5.74, 6) is -1.27. The van der Waals surface area contributed by atoms with E-state index in [1.807, 2.05) is 13.0 Å². The van der Waals surface area contributed by atoms with Crippen LogP contribution in [0.1, 0.15) is 46.5 Å². The molecule has 4 aliphatic carbocycles. The summed E-state index contributed by atoms with van der Waals surface area (Å²) in [6, 6.07) is 0. The second-order valence-electron chi connectivity index (χ2n) is 9.68. The molecule has 3 N–H and O–H groups in total. The normalized spacial score (nSPS) is 49.7. The SMILES string of the molecule is C[C@H](C(=O)O)[C@H]1CC[C@H]2[C@@H]3[C@H](O)CC4=CC(=O)C=C[C@]4(C)[C@H]3C[C@H](O)[C@]12C. The molecule has 27 heavy (non-hydrogen) atoms. The van der Waals surface area contributed by atoms with E-state index in [2.05, 4.69) is 6.92 Å². The predicted octanol–water partition coefficient (Wildman–Crippen LogP) is 2.57. The van der Waals surface area contributed by atoms with Crippen molar-refractivity contribution in [1.82, 2.24) is 0 Å². The molecule has 5 heteroatoms. The number of allylic oxidation sites excluding steroid dienone is 3. The fraction of sp³-hybridized carbons (Fsp3) is 0.727. The molecule has 0 bridgehead atoms. The first kappa shape index (κ1) is 18.9. The van der Waals surface area contributed by atoms with Gasteiger partial charge in [-0.25, -0.2) is 0 Å². The Labute approximate surface area is 160 Å². The maximum absolute atomic E-state index is 11.9. The molecule has 4 aliphatic rings. The number of rotatable bonds is 2. The van der Waals surface area contributed by atoms with Crippen LogP contribution in [0.4, 0.5) is 0 Å². The number of aliphatic carboxylic acids is 1. The van der Waals surface area contributed by atoms with Crippen LogP contribution in [0.3, 0.4) is 0 Å². The van der Waals surface area contributed by atoms with Gasteiger partial charge in [0.05, 0.1) is 18.1 Å². The van der Waals surface area contributed by atoms with Crippen LogP contribution in [0.25, 0.3) is 0 Å². The Bertz CT molecular complexity index is 739. The van der Waals surface area contributed by atoms with Gasteiger partial charge in [0.1, 0.15) is 0 Å². The maximum atomic E-state index is 11.9. The minimum atomic E-state index is -0.814. The Morgan fingerprint density at radius 1 is 1.22 bits per heavy atom. The number of ketones is 1. The van der Waals surface area contributed by atoms with Crippen LogP contribution in [0.5, 0.6) is 0 Å². The first-order valence-electron chi connectivity index (χ1n) is 10.1. The van der Waals surface area contributed by atoms with Gasteiger partial charge in [-0.1, -0.05) is 32.4 Å². The summed E-state index contributed by atoms with van der Waals surface area (Å²) in [6.45, 7) is 5.90. The molecule has 0 aliphatic heterocycles. The summed E-state index contributed by atoms with van der Waals surface area (Å²) in [4.78, 5) is 23.5. The van der Waals surface area contributed by atoms with E-state index in [0.29, 0.717) is 12.8 Å². The van der Waals surface area contributed by atoms with Crippen LogP contribution in [0, 0.1) is 40.4 Å². The van der Waals surface area contributed by atoms with E-state index in [1.54, 1.807) is 19.1 Å². The van der Waals surface area contributed by atoms with Gasteiger partial charge in [0.15, 0.2) is 5.78 Å². The molecule has 9 atom stereocenters. The molecule has 0 amide bonds. The Balaban J connectivity index is 1.74. The van der Waals surface area contributed by atoms with Gasteiger partial charge in [-0.05, 0) is 61.5 Å². The van der Waals surface area contributed by atoms with Crippen molar-refractivity contribution in [3.63, 3.8) is 0 Å². The van der Waals surface area contributed by atoms with E-state index in [0.717, 1.165) is 18.4 Å². The number of fused-ring (bicyclic) bond motifs is 5. The van der Waals surface area contributed by atoms with Gasteiger partial charge in [-0.3, -0.25) is 9.59 Å². The summed E-state index contributed by atoms with van der Waals surface area (Å²) in [5.41, 5.74) is 0.149. The van der Waals surface area contributed by atoms with Crippen molar-refractivity contribution in [1.29, 1.82) is 0 Å². The zero-order valence-electron chi connectivity index (χ0n) is 16.3. The van der Waals surface area contributed by atoms with Crippen LogP contribution in [-0.2, 0) is 9.59 Å². The van der Waals surface area contributed by atoms with Crippen LogP contribution in [0.15, 0.2) is 23.8 Å². The Morgan fingerprint density at radius 2 is 1.93 bits per heavy atom. The second-order valence-corrected chi connectivity index (χ2v) is 9.68. The van der Waals surface area contributed by atoms with E-state index >= 15 is 0 Å². The number of carbonyl (C=O) groups excluding carboxylic acids is 1. The van der Waals surface area contributed by atoms with Crippen molar-refractivity contribution in [2.45, 2.75) is 58.7 Å². The summed E-state index contributed by atoms with van der Waals surface area (Å²) >= 11 is 0. The van der Waals surface area contributed by atoms with E-state index in [1.165, 1.54) is 0 Å². The Kier molecular flexibility index (Phi) is 4.21. The molecule has 3 fully saturated rings. The first-order valence-corrected chi connectivity index (χ1v) is 10.1. The molecule has 0 saturated heterocycles. The highest BCUT2D eigenvalue weighted by Gasteiger charge is 2.65. The standard InChI is InChI=1S/C22H30O5/c1-11(20(26)27)14-4-5-15-19-16(10-18(25)22(14,15)3)21(2)7-6-13(23)8-12(21)9-17(19)24/h6-8,11,14-19,24-25H,4-5,9-10H2,1-3H3,(H,26,27)/t11-,14+,15-,16-,17+,18-,19-,21-,22+/m0/s1.